The Morgan fingerprint density at radius 2 is 2.00 bits per heavy atom. The van der Waals surface area contributed by atoms with Crippen LogP contribution in [-0.4, -0.2) is 36.2 Å². The smallest absolute Gasteiger partial charge is 0.325 e. The van der Waals surface area contributed by atoms with Crippen molar-refractivity contribution >= 4 is 11.9 Å². The molecule has 1 saturated carbocycles. The molecule has 0 spiro atoms. The average Bonchev–Trinajstić information content (AvgIpc) is 3.27. The molecule has 6 heteroatoms. The van der Waals surface area contributed by atoms with Crippen molar-refractivity contribution in [3.05, 3.63) is 23.8 Å². The van der Waals surface area contributed by atoms with Crippen LogP contribution in [0.2, 0.25) is 0 Å². The van der Waals surface area contributed by atoms with E-state index in [0.717, 1.165) is 17.7 Å². The molecule has 1 heterocycles. The highest BCUT2D eigenvalue weighted by atomic mass is 16.6. The molecule has 1 aromatic carbocycles. The molecule has 0 aromatic heterocycles. The van der Waals surface area contributed by atoms with Crippen LogP contribution in [0, 0.1) is 5.92 Å². The number of carbonyl (C=O) groups is 2. The highest BCUT2D eigenvalue weighted by molar-refractivity contribution is 5.87. The van der Waals surface area contributed by atoms with Gasteiger partial charge in [-0.1, -0.05) is 6.07 Å². The van der Waals surface area contributed by atoms with Crippen molar-refractivity contribution < 1.29 is 24.2 Å². The molecule has 1 amide bonds. The fourth-order valence-corrected chi connectivity index (χ4v) is 2.53. The number of hydrogen-bond donors (Lipinski definition) is 2. The predicted molar refractivity (Wildman–Crippen MR) is 73.5 cm³/mol. The van der Waals surface area contributed by atoms with Gasteiger partial charge in [-0.2, -0.15) is 0 Å². The SMILES string of the molecule is C[C@@H](NC(=O)[C@@H]1C[C@H]1c1ccc2c(c1)OCCO2)C(=O)O. The van der Waals surface area contributed by atoms with Crippen LogP contribution in [0.25, 0.3) is 0 Å². The van der Waals surface area contributed by atoms with Gasteiger partial charge in [0.15, 0.2) is 11.5 Å². The summed E-state index contributed by atoms with van der Waals surface area (Å²) in [4.78, 5) is 22.7. The Hall–Kier alpha value is -2.24. The second kappa shape index (κ2) is 5.27. The molecule has 1 fully saturated rings. The molecule has 2 aliphatic rings. The van der Waals surface area contributed by atoms with Gasteiger partial charge in [0.1, 0.15) is 19.3 Å². The van der Waals surface area contributed by atoms with Gasteiger partial charge in [0.2, 0.25) is 5.91 Å². The molecular formula is C15H17NO5. The number of amides is 1. The van der Waals surface area contributed by atoms with Gasteiger partial charge in [-0.05, 0) is 37.0 Å². The van der Waals surface area contributed by atoms with E-state index < -0.39 is 12.0 Å². The van der Waals surface area contributed by atoms with Gasteiger partial charge in [0.05, 0.1) is 0 Å². The van der Waals surface area contributed by atoms with Crippen LogP contribution in [0.3, 0.4) is 0 Å². The summed E-state index contributed by atoms with van der Waals surface area (Å²) in [5.41, 5.74) is 1.03. The predicted octanol–water partition coefficient (Wildman–Crippen LogP) is 1.15. The molecule has 3 atom stereocenters. The summed E-state index contributed by atoms with van der Waals surface area (Å²) in [5, 5.41) is 11.3. The van der Waals surface area contributed by atoms with Crippen molar-refractivity contribution in [3.63, 3.8) is 0 Å². The normalized spacial score (nSPS) is 24.0. The topological polar surface area (TPSA) is 84.9 Å². The van der Waals surface area contributed by atoms with E-state index in [-0.39, 0.29) is 17.7 Å². The number of rotatable bonds is 4. The van der Waals surface area contributed by atoms with Crippen molar-refractivity contribution in [3.8, 4) is 11.5 Å². The molecule has 6 nitrogen and oxygen atoms in total. The number of carbonyl (C=O) groups excluding carboxylic acids is 1. The fourth-order valence-electron chi connectivity index (χ4n) is 2.53. The molecule has 3 rings (SSSR count). The molecule has 0 bridgehead atoms. The van der Waals surface area contributed by atoms with Crippen LogP contribution >= 0.6 is 0 Å². The summed E-state index contributed by atoms with van der Waals surface area (Å²) in [6.45, 7) is 2.54. The number of nitrogens with one attached hydrogen (secondary N) is 1. The van der Waals surface area contributed by atoms with Crippen molar-refractivity contribution in [2.24, 2.45) is 5.92 Å². The summed E-state index contributed by atoms with van der Waals surface area (Å²) < 4.78 is 11.0. The first-order valence-corrected chi connectivity index (χ1v) is 6.99. The summed E-state index contributed by atoms with van der Waals surface area (Å²) in [6.07, 6.45) is 0.734. The third kappa shape index (κ3) is 2.79. The third-order valence-electron chi connectivity index (χ3n) is 3.85. The molecule has 0 unspecified atom stereocenters. The number of benzene rings is 1. The standard InChI is InChI=1S/C15H17NO5/c1-8(15(18)19)16-14(17)11-7-10(11)9-2-3-12-13(6-9)21-5-4-20-12/h2-3,6,8,10-11H,4-5,7H2,1H3,(H,16,17)(H,18,19)/t8-,10+,11-/m1/s1. The molecule has 1 aliphatic heterocycles. The van der Waals surface area contributed by atoms with Crippen molar-refractivity contribution in [1.82, 2.24) is 5.32 Å². The molecule has 0 radical (unpaired) electrons. The van der Waals surface area contributed by atoms with E-state index in [4.69, 9.17) is 14.6 Å². The van der Waals surface area contributed by atoms with Crippen LogP contribution in [0.15, 0.2) is 18.2 Å². The maximum atomic E-state index is 12.0. The lowest BCUT2D eigenvalue weighted by atomic mass is 10.1. The lowest BCUT2D eigenvalue weighted by Gasteiger charge is -2.18. The Morgan fingerprint density at radius 3 is 2.71 bits per heavy atom. The molecular weight excluding hydrogens is 274 g/mol. The summed E-state index contributed by atoms with van der Waals surface area (Å²) in [7, 11) is 0. The Kier molecular flexibility index (Phi) is 3.45. The first kappa shape index (κ1) is 13.7. The van der Waals surface area contributed by atoms with E-state index in [0.29, 0.717) is 19.0 Å². The third-order valence-corrected chi connectivity index (χ3v) is 3.85. The molecule has 2 N–H and O–H groups in total. The lowest BCUT2D eigenvalue weighted by Crippen LogP contribution is -2.39. The number of aliphatic carboxylic acids is 1. The lowest BCUT2D eigenvalue weighted by molar-refractivity contribution is -0.141. The van der Waals surface area contributed by atoms with E-state index in [1.807, 2.05) is 18.2 Å². The number of ether oxygens (including phenoxy) is 2. The Labute approximate surface area is 122 Å². The van der Waals surface area contributed by atoms with Crippen LogP contribution < -0.4 is 14.8 Å². The van der Waals surface area contributed by atoms with Crippen molar-refractivity contribution in [2.45, 2.75) is 25.3 Å². The fraction of sp³-hybridized carbons (Fsp3) is 0.467. The monoisotopic (exact) mass is 291 g/mol. The maximum absolute atomic E-state index is 12.0. The number of carboxylic acid groups (broad SMARTS) is 1. The van der Waals surface area contributed by atoms with Gasteiger partial charge in [-0.25, -0.2) is 0 Å². The quantitative estimate of drug-likeness (QED) is 0.869. The van der Waals surface area contributed by atoms with E-state index in [1.165, 1.54) is 6.92 Å². The molecule has 1 aliphatic carbocycles. The van der Waals surface area contributed by atoms with Crippen LogP contribution in [-0.2, 0) is 9.59 Å². The molecule has 1 aromatic rings. The minimum Gasteiger partial charge on any atom is -0.486 e. The van der Waals surface area contributed by atoms with E-state index in [2.05, 4.69) is 5.32 Å². The van der Waals surface area contributed by atoms with E-state index >= 15 is 0 Å². The van der Waals surface area contributed by atoms with Crippen LogP contribution in [0.1, 0.15) is 24.8 Å². The summed E-state index contributed by atoms with van der Waals surface area (Å²) >= 11 is 0. The van der Waals surface area contributed by atoms with Gasteiger partial charge < -0.3 is 19.9 Å². The van der Waals surface area contributed by atoms with Gasteiger partial charge in [0, 0.05) is 5.92 Å². The minimum absolute atomic E-state index is 0.127. The van der Waals surface area contributed by atoms with Crippen molar-refractivity contribution in [1.29, 1.82) is 0 Å². The van der Waals surface area contributed by atoms with E-state index in [1.54, 1.807) is 0 Å². The highest BCUT2D eigenvalue weighted by Gasteiger charge is 2.44. The Balaban J connectivity index is 1.65. The first-order chi connectivity index (χ1) is 10.1. The zero-order chi connectivity index (χ0) is 15.0. The van der Waals surface area contributed by atoms with Gasteiger partial charge in [0.25, 0.3) is 0 Å². The highest BCUT2D eigenvalue weighted by Crippen LogP contribution is 2.49. The van der Waals surface area contributed by atoms with Crippen LogP contribution in [0.5, 0.6) is 11.5 Å². The van der Waals surface area contributed by atoms with Gasteiger partial charge in [-0.15, -0.1) is 0 Å². The zero-order valence-corrected chi connectivity index (χ0v) is 11.7. The van der Waals surface area contributed by atoms with Gasteiger partial charge >= 0.3 is 5.97 Å². The largest absolute Gasteiger partial charge is 0.486 e. The number of carboxylic acids is 1. The Morgan fingerprint density at radius 1 is 1.29 bits per heavy atom. The van der Waals surface area contributed by atoms with Crippen molar-refractivity contribution in [2.75, 3.05) is 13.2 Å². The molecule has 21 heavy (non-hydrogen) atoms. The second-order valence-electron chi connectivity index (χ2n) is 5.42. The summed E-state index contributed by atoms with van der Waals surface area (Å²) in [5.74, 6) is 0.177. The average molecular weight is 291 g/mol. The molecule has 112 valence electrons. The zero-order valence-electron chi connectivity index (χ0n) is 11.7. The Bertz CT molecular complexity index is 585. The van der Waals surface area contributed by atoms with Gasteiger partial charge in [-0.3, -0.25) is 9.59 Å². The van der Waals surface area contributed by atoms with Crippen LogP contribution in [0.4, 0.5) is 0 Å². The number of hydrogen-bond acceptors (Lipinski definition) is 4. The first-order valence-electron chi connectivity index (χ1n) is 6.99. The minimum atomic E-state index is -1.03. The second-order valence-corrected chi connectivity index (χ2v) is 5.42. The maximum Gasteiger partial charge on any atom is 0.325 e. The summed E-state index contributed by atoms with van der Waals surface area (Å²) in [6, 6.07) is 4.84. The van der Waals surface area contributed by atoms with E-state index in [9.17, 15) is 9.59 Å². The number of fused-ring (bicyclic) bond motifs is 1. The molecule has 0 saturated heterocycles.